The minimum absolute atomic E-state index is 0.183. The van der Waals surface area contributed by atoms with E-state index >= 15 is 0 Å². The standard InChI is InChI=1S/C26H21N5O4S/c1-15-24(30-26(36-15)19-8-4-5-11-28-19)16-9-10-21-20(12-16)31(23(33)14-35-21)13-22(32)29-18-7-3-2-6-17(18)25(27)34/h2-12H,13-14H2,1H3,(H2,27,34)(H,29,32). The molecule has 0 radical (unpaired) electrons. The molecule has 3 amide bonds. The lowest BCUT2D eigenvalue weighted by Gasteiger charge is -2.29. The molecule has 3 N–H and O–H groups in total. The van der Waals surface area contributed by atoms with Crippen LogP contribution in [0.2, 0.25) is 0 Å². The van der Waals surface area contributed by atoms with Crippen LogP contribution in [0.4, 0.5) is 11.4 Å². The fraction of sp³-hybridized carbons (Fsp3) is 0.115. The fourth-order valence-corrected chi connectivity index (χ4v) is 4.84. The molecule has 4 aromatic rings. The Labute approximate surface area is 210 Å². The molecule has 2 aromatic heterocycles. The Morgan fingerprint density at radius 2 is 1.94 bits per heavy atom. The number of primary amides is 1. The Bertz CT molecular complexity index is 1480. The molecular formula is C26H21N5O4S. The number of aromatic nitrogens is 2. The van der Waals surface area contributed by atoms with Gasteiger partial charge < -0.3 is 15.8 Å². The van der Waals surface area contributed by atoms with E-state index in [-0.39, 0.29) is 30.3 Å². The largest absolute Gasteiger partial charge is 0.482 e. The van der Waals surface area contributed by atoms with Crippen LogP contribution >= 0.6 is 11.3 Å². The number of carbonyl (C=O) groups excluding carboxylic acids is 3. The van der Waals surface area contributed by atoms with Crippen LogP contribution in [0.1, 0.15) is 15.2 Å². The van der Waals surface area contributed by atoms with Crippen molar-refractivity contribution in [3.05, 3.63) is 77.3 Å². The molecule has 180 valence electrons. The molecule has 0 saturated carbocycles. The van der Waals surface area contributed by atoms with Crippen molar-refractivity contribution in [3.8, 4) is 27.7 Å². The predicted molar refractivity (Wildman–Crippen MR) is 137 cm³/mol. The van der Waals surface area contributed by atoms with Gasteiger partial charge in [-0.1, -0.05) is 18.2 Å². The van der Waals surface area contributed by atoms with Crippen LogP contribution < -0.4 is 20.7 Å². The number of benzene rings is 2. The van der Waals surface area contributed by atoms with Gasteiger partial charge in [-0.15, -0.1) is 11.3 Å². The summed E-state index contributed by atoms with van der Waals surface area (Å²) in [6.45, 7) is 1.53. The molecule has 0 aliphatic carbocycles. The third-order valence-corrected chi connectivity index (χ3v) is 6.62. The second kappa shape index (κ2) is 9.59. The highest BCUT2D eigenvalue weighted by Gasteiger charge is 2.28. The van der Waals surface area contributed by atoms with E-state index in [2.05, 4.69) is 10.3 Å². The lowest BCUT2D eigenvalue weighted by atomic mass is 10.1. The zero-order valence-corrected chi connectivity index (χ0v) is 20.0. The Hall–Kier alpha value is -4.57. The number of aryl methyl sites for hydroxylation is 1. The van der Waals surface area contributed by atoms with Gasteiger partial charge in [0, 0.05) is 16.6 Å². The number of nitrogens with two attached hydrogens (primary N) is 1. The number of fused-ring (bicyclic) bond motifs is 1. The van der Waals surface area contributed by atoms with E-state index in [1.807, 2.05) is 31.2 Å². The third-order valence-electron chi connectivity index (χ3n) is 5.62. The number of rotatable bonds is 6. The zero-order valence-electron chi connectivity index (χ0n) is 19.2. The van der Waals surface area contributed by atoms with Crippen molar-refractivity contribution in [3.63, 3.8) is 0 Å². The molecule has 1 aliphatic heterocycles. The molecule has 5 rings (SSSR count). The Morgan fingerprint density at radius 1 is 1.14 bits per heavy atom. The number of pyridine rings is 1. The quantitative estimate of drug-likeness (QED) is 0.417. The summed E-state index contributed by atoms with van der Waals surface area (Å²) in [6, 6.07) is 17.5. The van der Waals surface area contributed by atoms with E-state index < -0.39 is 11.8 Å². The van der Waals surface area contributed by atoms with E-state index in [1.54, 1.807) is 36.5 Å². The maximum atomic E-state index is 12.9. The summed E-state index contributed by atoms with van der Waals surface area (Å²) in [5.74, 6) is -1.01. The highest BCUT2D eigenvalue weighted by Crippen LogP contribution is 2.39. The minimum atomic E-state index is -0.660. The topological polar surface area (TPSA) is 128 Å². The van der Waals surface area contributed by atoms with E-state index in [4.69, 9.17) is 15.5 Å². The first-order valence-electron chi connectivity index (χ1n) is 11.1. The molecule has 2 aromatic carbocycles. The highest BCUT2D eigenvalue weighted by molar-refractivity contribution is 7.15. The van der Waals surface area contributed by atoms with Crippen molar-refractivity contribution < 1.29 is 19.1 Å². The van der Waals surface area contributed by atoms with Gasteiger partial charge in [0.05, 0.1) is 28.3 Å². The molecule has 0 atom stereocenters. The van der Waals surface area contributed by atoms with E-state index in [1.165, 1.54) is 22.3 Å². The van der Waals surface area contributed by atoms with Crippen LogP contribution in [0.3, 0.4) is 0 Å². The molecule has 10 heteroatoms. The second-order valence-corrected chi connectivity index (χ2v) is 9.25. The predicted octanol–water partition coefficient (Wildman–Crippen LogP) is 3.64. The van der Waals surface area contributed by atoms with Gasteiger partial charge in [-0.25, -0.2) is 4.98 Å². The van der Waals surface area contributed by atoms with Crippen molar-refractivity contribution in [2.75, 3.05) is 23.4 Å². The number of ether oxygens (including phenoxy) is 1. The van der Waals surface area contributed by atoms with Crippen molar-refractivity contribution in [1.82, 2.24) is 9.97 Å². The zero-order chi connectivity index (χ0) is 25.2. The summed E-state index contributed by atoms with van der Waals surface area (Å²) in [7, 11) is 0. The maximum Gasteiger partial charge on any atom is 0.265 e. The van der Waals surface area contributed by atoms with Crippen molar-refractivity contribution in [2.45, 2.75) is 6.92 Å². The van der Waals surface area contributed by atoms with Gasteiger partial charge in [0.1, 0.15) is 17.3 Å². The van der Waals surface area contributed by atoms with Crippen LogP contribution in [-0.2, 0) is 9.59 Å². The number of para-hydroxylation sites is 1. The molecular weight excluding hydrogens is 478 g/mol. The lowest BCUT2D eigenvalue weighted by molar-refractivity contribution is -0.123. The van der Waals surface area contributed by atoms with Gasteiger partial charge >= 0.3 is 0 Å². The molecule has 0 bridgehead atoms. The Morgan fingerprint density at radius 3 is 2.72 bits per heavy atom. The molecule has 0 fully saturated rings. The van der Waals surface area contributed by atoms with Crippen LogP contribution in [0.25, 0.3) is 22.0 Å². The number of hydrogen-bond acceptors (Lipinski definition) is 7. The number of nitrogens with zero attached hydrogens (tertiary/aromatic N) is 3. The van der Waals surface area contributed by atoms with Gasteiger partial charge in [-0.2, -0.15) is 0 Å². The molecule has 36 heavy (non-hydrogen) atoms. The van der Waals surface area contributed by atoms with Gasteiger partial charge in [0.15, 0.2) is 6.61 Å². The summed E-state index contributed by atoms with van der Waals surface area (Å²) in [6.07, 6.45) is 1.72. The monoisotopic (exact) mass is 499 g/mol. The second-order valence-electron chi connectivity index (χ2n) is 8.05. The van der Waals surface area contributed by atoms with Crippen molar-refractivity contribution in [1.29, 1.82) is 0 Å². The van der Waals surface area contributed by atoms with Gasteiger partial charge in [0.25, 0.3) is 11.8 Å². The number of hydrogen-bond donors (Lipinski definition) is 2. The first kappa shape index (κ1) is 23.2. The van der Waals surface area contributed by atoms with E-state index in [0.29, 0.717) is 11.4 Å². The summed E-state index contributed by atoms with van der Waals surface area (Å²) in [5, 5.41) is 3.46. The number of anilines is 2. The van der Waals surface area contributed by atoms with Crippen LogP contribution in [0, 0.1) is 6.92 Å². The van der Waals surface area contributed by atoms with Gasteiger partial charge in [-0.05, 0) is 49.4 Å². The number of thiazole rings is 1. The van der Waals surface area contributed by atoms with E-state index in [9.17, 15) is 14.4 Å². The Kier molecular flexibility index (Phi) is 6.17. The first-order chi connectivity index (χ1) is 17.4. The average molecular weight is 500 g/mol. The number of nitrogens with one attached hydrogen (secondary N) is 1. The third kappa shape index (κ3) is 4.53. The smallest absolute Gasteiger partial charge is 0.265 e. The van der Waals surface area contributed by atoms with Crippen LogP contribution in [0.5, 0.6) is 5.75 Å². The molecule has 3 heterocycles. The molecule has 1 aliphatic rings. The molecule has 0 saturated heterocycles. The fourth-order valence-electron chi connectivity index (χ4n) is 3.93. The van der Waals surface area contributed by atoms with Gasteiger partial charge in [0.2, 0.25) is 5.91 Å². The number of amides is 3. The molecule has 0 spiro atoms. The van der Waals surface area contributed by atoms with Crippen LogP contribution in [-0.4, -0.2) is 40.8 Å². The summed E-state index contributed by atoms with van der Waals surface area (Å²) >= 11 is 1.53. The normalized spacial score (nSPS) is 12.6. The van der Waals surface area contributed by atoms with Crippen LogP contribution in [0.15, 0.2) is 66.9 Å². The summed E-state index contributed by atoms with van der Waals surface area (Å²) in [5.41, 5.74) is 8.67. The Balaban J connectivity index is 1.43. The van der Waals surface area contributed by atoms with Crippen molar-refractivity contribution >= 4 is 40.4 Å². The summed E-state index contributed by atoms with van der Waals surface area (Å²) in [4.78, 5) is 48.8. The lowest BCUT2D eigenvalue weighted by Crippen LogP contribution is -2.43. The summed E-state index contributed by atoms with van der Waals surface area (Å²) < 4.78 is 5.60. The maximum absolute atomic E-state index is 12.9. The average Bonchev–Trinajstić information content (AvgIpc) is 3.28. The first-order valence-corrected chi connectivity index (χ1v) is 11.9. The van der Waals surface area contributed by atoms with Gasteiger partial charge in [-0.3, -0.25) is 24.3 Å². The molecule has 9 nitrogen and oxygen atoms in total. The van der Waals surface area contributed by atoms with E-state index in [0.717, 1.165) is 26.8 Å². The SMILES string of the molecule is Cc1sc(-c2ccccn2)nc1-c1ccc2c(c1)N(CC(=O)Nc1ccccc1C(N)=O)C(=O)CO2. The highest BCUT2D eigenvalue weighted by atomic mass is 32.1. The number of carbonyl (C=O) groups is 3. The molecule has 0 unspecified atom stereocenters. The minimum Gasteiger partial charge on any atom is -0.482 e. The van der Waals surface area contributed by atoms with Crippen molar-refractivity contribution in [2.24, 2.45) is 5.73 Å².